The van der Waals surface area contributed by atoms with Crippen LogP contribution in [0.4, 0.5) is 11.4 Å². The fourth-order valence-electron chi connectivity index (χ4n) is 1.41. The molecular weight excluding hydrogens is 250 g/mol. The number of aliphatic hydroxyl groups excluding tert-OH is 1. The number of carbonyl (C=O) groups excluding carboxylic acids is 1. The van der Waals surface area contributed by atoms with Crippen molar-refractivity contribution < 1.29 is 14.8 Å². The highest BCUT2D eigenvalue weighted by atomic mass is 16.6. The minimum absolute atomic E-state index is 0.0413. The first-order valence-corrected chi connectivity index (χ1v) is 5.60. The highest BCUT2D eigenvalue weighted by Crippen LogP contribution is 2.25. The minimum atomic E-state index is -0.662. The minimum Gasteiger partial charge on any atom is -0.393 e. The van der Waals surface area contributed by atoms with Crippen molar-refractivity contribution in [3.05, 3.63) is 33.9 Å². The largest absolute Gasteiger partial charge is 0.393 e. The lowest BCUT2D eigenvalue weighted by molar-refractivity contribution is -0.383. The first-order valence-electron chi connectivity index (χ1n) is 5.60. The van der Waals surface area contributed by atoms with E-state index in [-0.39, 0.29) is 29.8 Å². The van der Waals surface area contributed by atoms with Crippen LogP contribution in [-0.2, 0) is 4.79 Å². The molecule has 0 saturated heterocycles. The SMILES string of the molecule is CC(O)CCC(=O)Nc1ccc(C#N)cc1[N+](=O)[O-]. The molecule has 0 spiro atoms. The molecule has 2 N–H and O–H groups in total. The molecule has 0 aliphatic carbocycles. The predicted molar refractivity (Wildman–Crippen MR) is 67.4 cm³/mol. The van der Waals surface area contributed by atoms with Crippen LogP contribution in [0.25, 0.3) is 0 Å². The summed E-state index contributed by atoms with van der Waals surface area (Å²) in [7, 11) is 0. The number of nitro benzene ring substituents is 1. The van der Waals surface area contributed by atoms with Gasteiger partial charge in [-0.2, -0.15) is 5.26 Å². The van der Waals surface area contributed by atoms with Gasteiger partial charge in [0, 0.05) is 12.5 Å². The van der Waals surface area contributed by atoms with Gasteiger partial charge in [0.2, 0.25) is 5.91 Å². The summed E-state index contributed by atoms with van der Waals surface area (Å²) in [4.78, 5) is 21.7. The van der Waals surface area contributed by atoms with E-state index in [1.165, 1.54) is 12.1 Å². The predicted octanol–water partition coefficient (Wildman–Crippen LogP) is 1.57. The highest BCUT2D eigenvalue weighted by molar-refractivity contribution is 5.93. The van der Waals surface area contributed by atoms with Gasteiger partial charge in [0.05, 0.1) is 22.7 Å². The van der Waals surface area contributed by atoms with Crippen molar-refractivity contribution in [1.82, 2.24) is 0 Å². The van der Waals surface area contributed by atoms with Crippen molar-refractivity contribution in [2.45, 2.75) is 25.9 Å². The zero-order valence-corrected chi connectivity index (χ0v) is 10.3. The van der Waals surface area contributed by atoms with Crippen molar-refractivity contribution in [3.63, 3.8) is 0 Å². The van der Waals surface area contributed by atoms with Gasteiger partial charge in [-0.3, -0.25) is 14.9 Å². The summed E-state index contributed by atoms with van der Waals surface area (Å²) in [5.41, 5.74) is -0.141. The summed E-state index contributed by atoms with van der Waals surface area (Å²) in [5, 5.41) is 31.0. The average Bonchev–Trinajstić information content (AvgIpc) is 2.36. The third-order valence-electron chi connectivity index (χ3n) is 2.39. The van der Waals surface area contributed by atoms with Gasteiger partial charge >= 0.3 is 0 Å². The summed E-state index contributed by atoms with van der Waals surface area (Å²) in [6, 6.07) is 5.60. The second-order valence-electron chi connectivity index (χ2n) is 4.04. The summed E-state index contributed by atoms with van der Waals surface area (Å²) < 4.78 is 0. The monoisotopic (exact) mass is 263 g/mol. The third-order valence-corrected chi connectivity index (χ3v) is 2.39. The standard InChI is InChI=1S/C12H13N3O4/c1-8(16)2-5-12(17)14-10-4-3-9(7-13)6-11(10)15(18)19/h3-4,6,8,16H,2,5H2,1H3,(H,14,17). The van der Waals surface area contributed by atoms with Crippen LogP contribution in [0, 0.1) is 21.4 Å². The Morgan fingerprint density at radius 2 is 2.32 bits per heavy atom. The number of benzene rings is 1. The molecule has 0 heterocycles. The van der Waals surface area contributed by atoms with E-state index >= 15 is 0 Å². The number of rotatable bonds is 5. The van der Waals surface area contributed by atoms with Crippen LogP contribution in [0.1, 0.15) is 25.3 Å². The lowest BCUT2D eigenvalue weighted by atomic mass is 10.1. The Morgan fingerprint density at radius 3 is 2.84 bits per heavy atom. The second-order valence-corrected chi connectivity index (χ2v) is 4.04. The Hall–Kier alpha value is -2.46. The summed E-state index contributed by atoms with van der Waals surface area (Å²) in [6.07, 6.45) is -0.272. The number of nitrogens with zero attached hydrogens (tertiary/aromatic N) is 2. The van der Waals surface area contributed by atoms with Crippen molar-refractivity contribution in [3.8, 4) is 6.07 Å². The maximum atomic E-state index is 11.5. The number of anilines is 1. The van der Waals surface area contributed by atoms with Crippen LogP contribution in [0.15, 0.2) is 18.2 Å². The molecule has 0 radical (unpaired) electrons. The average molecular weight is 263 g/mol. The number of carbonyl (C=O) groups is 1. The molecule has 1 amide bonds. The maximum absolute atomic E-state index is 11.5. The molecule has 7 nitrogen and oxygen atoms in total. The van der Waals surface area contributed by atoms with Crippen LogP contribution in [0.5, 0.6) is 0 Å². The first kappa shape index (κ1) is 14.6. The van der Waals surface area contributed by atoms with Gasteiger partial charge < -0.3 is 10.4 Å². The number of hydrogen-bond donors (Lipinski definition) is 2. The molecule has 1 unspecified atom stereocenters. The fourth-order valence-corrected chi connectivity index (χ4v) is 1.41. The Bertz CT molecular complexity index is 534. The number of hydrogen-bond acceptors (Lipinski definition) is 5. The van der Waals surface area contributed by atoms with E-state index < -0.39 is 16.9 Å². The smallest absolute Gasteiger partial charge is 0.294 e. The molecule has 1 atom stereocenters. The summed E-state index contributed by atoms with van der Waals surface area (Å²) >= 11 is 0. The Balaban J connectivity index is 2.86. The van der Waals surface area contributed by atoms with Crippen LogP contribution in [-0.4, -0.2) is 22.0 Å². The molecule has 19 heavy (non-hydrogen) atoms. The Morgan fingerprint density at radius 1 is 1.63 bits per heavy atom. The van der Waals surface area contributed by atoms with Gasteiger partial charge in [0.25, 0.3) is 5.69 Å². The van der Waals surface area contributed by atoms with Gasteiger partial charge in [-0.05, 0) is 25.5 Å². The van der Waals surface area contributed by atoms with Crippen LogP contribution < -0.4 is 5.32 Å². The molecule has 1 aromatic carbocycles. The van der Waals surface area contributed by atoms with E-state index in [4.69, 9.17) is 10.4 Å². The topological polar surface area (TPSA) is 116 Å². The molecule has 1 aromatic rings. The Labute approximate surface area is 109 Å². The van der Waals surface area contributed by atoms with E-state index in [1.807, 2.05) is 0 Å². The molecule has 0 aliphatic heterocycles. The van der Waals surface area contributed by atoms with Gasteiger partial charge in [0.1, 0.15) is 5.69 Å². The number of amides is 1. The van der Waals surface area contributed by atoms with Crippen LogP contribution in [0.2, 0.25) is 0 Å². The molecule has 0 bridgehead atoms. The van der Waals surface area contributed by atoms with E-state index in [2.05, 4.69) is 5.32 Å². The number of nitriles is 1. The van der Waals surface area contributed by atoms with Gasteiger partial charge in [-0.25, -0.2) is 0 Å². The van der Waals surface area contributed by atoms with Crippen molar-refractivity contribution in [2.24, 2.45) is 0 Å². The number of nitro groups is 1. The first-order chi connectivity index (χ1) is 8.93. The van der Waals surface area contributed by atoms with Crippen molar-refractivity contribution in [2.75, 3.05) is 5.32 Å². The molecular formula is C12H13N3O4. The van der Waals surface area contributed by atoms with E-state index in [0.29, 0.717) is 0 Å². The molecule has 0 aliphatic rings. The highest BCUT2D eigenvalue weighted by Gasteiger charge is 2.16. The normalized spacial score (nSPS) is 11.4. The summed E-state index contributed by atoms with van der Waals surface area (Å²) in [6.45, 7) is 1.55. The third kappa shape index (κ3) is 4.37. The molecule has 1 rings (SSSR count). The van der Waals surface area contributed by atoms with Gasteiger partial charge in [-0.15, -0.1) is 0 Å². The maximum Gasteiger partial charge on any atom is 0.294 e. The van der Waals surface area contributed by atoms with Crippen molar-refractivity contribution >= 4 is 17.3 Å². The summed E-state index contributed by atoms with van der Waals surface area (Å²) in [5.74, 6) is -0.422. The van der Waals surface area contributed by atoms with Crippen LogP contribution >= 0.6 is 0 Å². The van der Waals surface area contributed by atoms with Gasteiger partial charge in [-0.1, -0.05) is 0 Å². The molecule has 0 saturated carbocycles. The Kier molecular flexibility index (Phi) is 4.97. The lowest BCUT2D eigenvalue weighted by Gasteiger charge is -2.07. The molecule has 7 heteroatoms. The van der Waals surface area contributed by atoms with Crippen molar-refractivity contribution in [1.29, 1.82) is 5.26 Å². The van der Waals surface area contributed by atoms with E-state index in [9.17, 15) is 14.9 Å². The molecule has 0 aromatic heterocycles. The number of nitrogens with one attached hydrogen (secondary N) is 1. The number of aliphatic hydroxyl groups is 1. The quantitative estimate of drug-likeness (QED) is 0.617. The lowest BCUT2D eigenvalue weighted by Crippen LogP contribution is -2.15. The van der Waals surface area contributed by atoms with E-state index in [1.54, 1.807) is 13.0 Å². The van der Waals surface area contributed by atoms with Crippen LogP contribution in [0.3, 0.4) is 0 Å². The second kappa shape index (κ2) is 6.47. The fraction of sp³-hybridized carbons (Fsp3) is 0.333. The zero-order valence-electron chi connectivity index (χ0n) is 10.3. The zero-order chi connectivity index (χ0) is 14.4. The molecule has 0 fully saturated rings. The van der Waals surface area contributed by atoms with E-state index in [0.717, 1.165) is 6.07 Å². The van der Waals surface area contributed by atoms with Gasteiger partial charge in [0.15, 0.2) is 0 Å². The molecule has 100 valence electrons.